The number of rotatable bonds is 7. The van der Waals surface area contributed by atoms with Crippen LogP contribution in [0.2, 0.25) is 5.02 Å². The minimum atomic E-state index is 0.00639. The van der Waals surface area contributed by atoms with Crippen molar-refractivity contribution in [1.82, 2.24) is 9.80 Å². The molecular weight excluding hydrogens is 410 g/mol. The Bertz CT molecular complexity index is 762. The number of piperazine rings is 1. The Morgan fingerprint density at radius 2 is 1.71 bits per heavy atom. The van der Waals surface area contributed by atoms with E-state index in [4.69, 9.17) is 11.6 Å². The highest BCUT2D eigenvalue weighted by atomic mass is 35.5. The Labute approximate surface area is 192 Å². The summed E-state index contributed by atoms with van der Waals surface area (Å²) in [5.41, 5.74) is 1.70. The molecule has 1 aromatic rings. The first kappa shape index (κ1) is 24.1. The molecule has 0 spiro atoms. The van der Waals surface area contributed by atoms with Crippen molar-refractivity contribution in [2.24, 2.45) is 11.8 Å². The van der Waals surface area contributed by atoms with Crippen molar-refractivity contribution in [2.45, 2.75) is 84.8 Å². The van der Waals surface area contributed by atoms with E-state index in [-0.39, 0.29) is 29.8 Å². The van der Waals surface area contributed by atoms with Crippen molar-refractivity contribution >= 4 is 29.1 Å². The van der Waals surface area contributed by atoms with Gasteiger partial charge >= 0.3 is 0 Å². The monoisotopic (exact) mass is 447 g/mol. The van der Waals surface area contributed by atoms with Crippen molar-refractivity contribution < 1.29 is 9.59 Å². The topological polar surface area (TPSA) is 52.7 Å². The van der Waals surface area contributed by atoms with E-state index in [0.717, 1.165) is 44.3 Å². The van der Waals surface area contributed by atoms with Crippen LogP contribution in [-0.4, -0.2) is 46.8 Å². The molecule has 2 fully saturated rings. The summed E-state index contributed by atoms with van der Waals surface area (Å²) < 4.78 is 0. The summed E-state index contributed by atoms with van der Waals surface area (Å²) in [7, 11) is 0. The predicted molar refractivity (Wildman–Crippen MR) is 127 cm³/mol. The average molecular weight is 448 g/mol. The summed E-state index contributed by atoms with van der Waals surface area (Å²) in [5, 5.41) is 3.64. The van der Waals surface area contributed by atoms with Crippen LogP contribution in [0.1, 0.15) is 71.8 Å². The molecule has 1 heterocycles. The lowest BCUT2D eigenvalue weighted by molar-refractivity contribution is -0.143. The summed E-state index contributed by atoms with van der Waals surface area (Å²) in [6, 6.07) is 6.23. The van der Waals surface area contributed by atoms with Crippen LogP contribution in [0.15, 0.2) is 18.2 Å². The fourth-order valence-corrected chi connectivity index (χ4v) is 5.55. The maximum Gasteiger partial charge on any atom is 0.227 e. The third-order valence-corrected chi connectivity index (χ3v) is 7.49. The predicted octanol–water partition coefficient (Wildman–Crippen LogP) is 5.33. The first-order valence-electron chi connectivity index (χ1n) is 12.0. The van der Waals surface area contributed by atoms with Gasteiger partial charge in [0.05, 0.1) is 10.7 Å². The smallest absolute Gasteiger partial charge is 0.227 e. The number of hydrogen-bond donors (Lipinski definition) is 1. The van der Waals surface area contributed by atoms with Crippen LogP contribution in [0.3, 0.4) is 0 Å². The number of carbonyl (C=O) groups excluding carboxylic acids is 2. The Kier molecular flexibility index (Phi) is 8.40. The van der Waals surface area contributed by atoms with Gasteiger partial charge in [0.25, 0.3) is 0 Å². The van der Waals surface area contributed by atoms with Gasteiger partial charge < -0.3 is 10.2 Å². The molecule has 1 aliphatic carbocycles. The van der Waals surface area contributed by atoms with Crippen LogP contribution in [0.4, 0.5) is 5.69 Å². The average Bonchev–Trinajstić information content (AvgIpc) is 3.26. The molecule has 0 radical (unpaired) electrons. The van der Waals surface area contributed by atoms with Crippen LogP contribution in [0, 0.1) is 11.8 Å². The van der Waals surface area contributed by atoms with Crippen molar-refractivity contribution in [3.8, 4) is 0 Å². The van der Waals surface area contributed by atoms with Crippen molar-refractivity contribution in [2.75, 3.05) is 18.4 Å². The van der Waals surface area contributed by atoms with Crippen LogP contribution in [-0.2, 0) is 16.1 Å². The molecule has 2 unspecified atom stereocenters. The molecular formula is C25H38ClN3O2. The molecule has 5 nitrogen and oxygen atoms in total. The lowest BCUT2D eigenvalue weighted by atomic mass is 10.0. The minimum absolute atomic E-state index is 0.00639. The zero-order valence-electron chi connectivity index (χ0n) is 19.5. The molecule has 0 aromatic heterocycles. The molecule has 1 saturated heterocycles. The van der Waals surface area contributed by atoms with E-state index in [1.807, 2.05) is 32.0 Å². The fourth-order valence-electron chi connectivity index (χ4n) is 5.31. The van der Waals surface area contributed by atoms with Gasteiger partial charge in [-0.1, -0.05) is 50.4 Å². The summed E-state index contributed by atoms with van der Waals surface area (Å²) in [4.78, 5) is 30.0. The Balaban J connectivity index is 1.65. The normalized spacial score (nSPS) is 22.8. The molecule has 172 valence electrons. The summed E-state index contributed by atoms with van der Waals surface area (Å²) in [5.74, 6) is 0.611. The maximum absolute atomic E-state index is 13.0. The van der Waals surface area contributed by atoms with Gasteiger partial charge in [-0.25, -0.2) is 0 Å². The zero-order valence-corrected chi connectivity index (χ0v) is 20.3. The van der Waals surface area contributed by atoms with Crippen molar-refractivity contribution in [3.63, 3.8) is 0 Å². The second kappa shape index (κ2) is 10.8. The minimum Gasteiger partial charge on any atom is -0.334 e. The van der Waals surface area contributed by atoms with E-state index in [1.165, 1.54) is 12.8 Å². The summed E-state index contributed by atoms with van der Waals surface area (Å²) in [6.07, 6.45) is 6.09. The van der Waals surface area contributed by atoms with Crippen LogP contribution in [0.5, 0.6) is 0 Å². The van der Waals surface area contributed by atoms with E-state index in [9.17, 15) is 9.59 Å². The third-order valence-electron chi connectivity index (χ3n) is 7.04. The number of hydrogen-bond acceptors (Lipinski definition) is 3. The van der Waals surface area contributed by atoms with Gasteiger partial charge in [-0.05, 0) is 51.2 Å². The number of anilines is 1. The molecule has 2 atom stereocenters. The second-order valence-electron chi connectivity index (χ2n) is 9.40. The lowest BCUT2D eigenvalue weighted by Crippen LogP contribution is -2.59. The van der Waals surface area contributed by atoms with Crippen LogP contribution < -0.4 is 5.32 Å². The number of carbonyl (C=O) groups is 2. The number of benzene rings is 1. The molecule has 6 heteroatoms. The lowest BCUT2D eigenvalue weighted by Gasteiger charge is -2.45. The standard InChI is InChI=1S/C25H38ClN3O2/c1-5-19(6-2)24(30)27-22-13-9-12-21(23(22)26)16-28-14-17(3)29(18(4)15-28)25(31)20-10-7-8-11-20/h9,12-13,17-20H,5-8,10-11,14-16H2,1-4H3,(H,27,30). The van der Waals surface area contributed by atoms with Gasteiger partial charge in [-0.3, -0.25) is 14.5 Å². The Morgan fingerprint density at radius 1 is 1.10 bits per heavy atom. The van der Waals surface area contributed by atoms with Crippen LogP contribution in [0.25, 0.3) is 0 Å². The Morgan fingerprint density at radius 3 is 2.29 bits per heavy atom. The van der Waals surface area contributed by atoms with Crippen molar-refractivity contribution in [1.29, 1.82) is 0 Å². The molecule has 1 aromatic carbocycles. The van der Waals surface area contributed by atoms with E-state index in [2.05, 4.69) is 29.0 Å². The quantitative estimate of drug-likeness (QED) is 0.614. The van der Waals surface area contributed by atoms with Gasteiger partial charge in [0.1, 0.15) is 0 Å². The molecule has 0 bridgehead atoms. The zero-order chi connectivity index (χ0) is 22.5. The van der Waals surface area contributed by atoms with E-state index < -0.39 is 0 Å². The second-order valence-corrected chi connectivity index (χ2v) is 9.78. The number of nitrogens with zero attached hydrogens (tertiary/aromatic N) is 2. The van der Waals surface area contributed by atoms with Gasteiger partial charge in [0.15, 0.2) is 0 Å². The summed E-state index contributed by atoms with van der Waals surface area (Å²) >= 11 is 6.70. The largest absolute Gasteiger partial charge is 0.334 e. The molecule has 1 aliphatic heterocycles. The molecule has 2 aliphatic rings. The Hall–Kier alpha value is -1.59. The van der Waals surface area contributed by atoms with Gasteiger partial charge in [-0.2, -0.15) is 0 Å². The van der Waals surface area contributed by atoms with Gasteiger partial charge in [-0.15, -0.1) is 0 Å². The highest BCUT2D eigenvalue weighted by Crippen LogP contribution is 2.31. The molecule has 1 saturated carbocycles. The SMILES string of the molecule is CCC(CC)C(=O)Nc1cccc(CN2CC(C)N(C(=O)C3CCCC3)C(C)C2)c1Cl. The maximum atomic E-state index is 13.0. The molecule has 1 N–H and O–H groups in total. The first-order valence-corrected chi connectivity index (χ1v) is 12.4. The van der Waals surface area contributed by atoms with Gasteiger partial charge in [0, 0.05) is 43.6 Å². The molecule has 3 rings (SSSR count). The highest BCUT2D eigenvalue weighted by molar-refractivity contribution is 6.34. The third kappa shape index (κ3) is 5.61. The van der Waals surface area contributed by atoms with E-state index in [0.29, 0.717) is 23.2 Å². The van der Waals surface area contributed by atoms with Crippen molar-refractivity contribution in [3.05, 3.63) is 28.8 Å². The summed E-state index contributed by atoms with van der Waals surface area (Å²) in [6.45, 7) is 10.8. The van der Waals surface area contributed by atoms with Gasteiger partial charge in [0.2, 0.25) is 11.8 Å². The highest BCUT2D eigenvalue weighted by Gasteiger charge is 2.37. The van der Waals surface area contributed by atoms with Crippen LogP contribution >= 0.6 is 11.6 Å². The fraction of sp³-hybridized carbons (Fsp3) is 0.680. The molecule has 31 heavy (non-hydrogen) atoms. The first-order chi connectivity index (χ1) is 14.8. The van der Waals surface area contributed by atoms with E-state index >= 15 is 0 Å². The molecule has 2 amide bonds. The number of amides is 2. The number of nitrogens with one attached hydrogen (secondary N) is 1. The number of halogens is 1. The van der Waals surface area contributed by atoms with E-state index in [1.54, 1.807) is 0 Å².